The largest absolute Gasteiger partial charge is 0.317 e. The van der Waals surface area contributed by atoms with E-state index in [1.165, 1.54) is 43.4 Å². The molecule has 0 bridgehead atoms. The SMILES string of the molecule is c1ccc(-n2ccc3c4c5ccccc5n(-c5cc(-c6ncncn6)cc(-n6c7ccccc7c7c8ccn(-c9ccccc9)c8ccc76)c5)c4ccc32)cc1. The van der Waals surface area contributed by atoms with Crippen LogP contribution in [0.2, 0.25) is 0 Å². The van der Waals surface area contributed by atoms with E-state index < -0.39 is 0 Å². The molecule has 0 spiro atoms. The second-order valence-corrected chi connectivity index (χ2v) is 14.2. The minimum atomic E-state index is 0.620. The molecule has 7 nitrogen and oxygen atoms in total. The average Bonchev–Trinajstić information content (AvgIpc) is 4.05. The summed E-state index contributed by atoms with van der Waals surface area (Å²) in [6.07, 6.45) is 7.49. The van der Waals surface area contributed by atoms with Gasteiger partial charge in [0.25, 0.3) is 0 Å². The average molecular weight is 718 g/mol. The van der Waals surface area contributed by atoms with Crippen molar-refractivity contribution in [1.82, 2.24) is 33.2 Å². The van der Waals surface area contributed by atoms with Gasteiger partial charge in [-0.25, -0.2) is 15.0 Å². The zero-order valence-corrected chi connectivity index (χ0v) is 30.0. The van der Waals surface area contributed by atoms with Crippen LogP contribution in [0.25, 0.3) is 99.6 Å². The summed E-state index contributed by atoms with van der Waals surface area (Å²) in [5.41, 5.74) is 12.1. The Hall–Kier alpha value is -7.77. The first-order valence-electron chi connectivity index (χ1n) is 18.8. The van der Waals surface area contributed by atoms with Crippen LogP contribution >= 0.6 is 0 Å². The van der Waals surface area contributed by atoms with Gasteiger partial charge in [-0.1, -0.05) is 72.8 Å². The first kappa shape index (κ1) is 30.7. The number of hydrogen-bond donors (Lipinski definition) is 0. The summed E-state index contributed by atoms with van der Waals surface area (Å²) in [4.78, 5) is 13.4. The molecule has 0 radical (unpaired) electrons. The van der Waals surface area contributed by atoms with E-state index in [-0.39, 0.29) is 0 Å². The van der Waals surface area contributed by atoms with Gasteiger partial charge in [-0.2, -0.15) is 0 Å². The minimum absolute atomic E-state index is 0.620. The maximum Gasteiger partial charge on any atom is 0.162 e. The van der Waals surface area contributed by atoms with Gasteiger partial charge in [0.05, 0.1) is 33.1 Å². The third-order valence-electron chi connectivity index (χ3n) is 11.3. The molecule has 262 valence electrons. The van der Waals surface area contributed by atoms with Crippen molar-refractivity contribution in [3.8, 4) is 34.1 Å². The molecule has 0 fully saturated rings. The van der Waals surface area contributed by atoms with Crippen LogP contribution in [0.4, 0.5) is 0 Å². The Labute approximate surface area is 320 Å². The fourth-order valence-electron chi connectivity index (χ4n) is 8.92. The molecule has 0 saturated carbocycles. The van der Waals surface area contributed by atoms with Crippen molar-refractivity contribution in [3.63, 3.8) is 0 Å². The molecule has 0 amide bonds. The molecule has 12 rings (SSSR count). The van der Waals surface area contributed by atoms with Gasteiger partial charge in [-0.3, -0.25) is 0 Å². The summed E-state index contributed by atoms with van der Waals surface area (Å²) >= 11 is 0. The van der Waals surface area contributed by atoms with Crippen LogP contribution in [0, 0.1) is 0 Å². The zero-order chi connectivity index (χ0) is 36.7. The summed E-state index contributed by atoms with van der Waals surface area (Å²) in [6.45, 7) is 0. The molecular weight excluding hydrogens is 687 g/mol. The molecule has 5 heterocycles. The maximum atomic E-state index is 4.64. The van der Waals surface area contributed by atoms with Crippen molar-refractivity contribution < 1.29 is 0 Å². The van der Waals surface area contributed by atoms with Crippen LogP contribution in [0.5, 0.6) is 0 Å². The van der Waals surface area contributed by atoms with Crippen molar-refractivity contribution in [3.05, 3.63) is 189 Å². The monoisotopic (exact) mass is 717 g/mol. The van der Waals surface area contributed by atoms with E-state index in [4.69, 9.17) is 0 Å². The topological polar surface area (TPSA) is 58.4 Å². The highest BCUT2D eigenvalue weighted by molar-refractivity contribution is 6.22. The van der Waals surface area contributed by atoms with Gasteiger partial charge in [0.2, 0.25) is 0 Å². The number of benzene rings is 7. The predicted octanol–water partition coefficient (Wildman–Crippen LogP) is 11.6. The Morgan fingerprint density at radius 2 is 0.768 bits per heavy atom. The molecule has 5 aromatic heterocycles. The second kappa shape index (κ2) is 11.9. The Morgan fingerprint density at radius 3 is 1.27 bits per heavy atom. The molecule has 12 aromatic rings. The van der Waals surface area contributed by atoms with E-state index in [1.54, 1.807) is 12.7 Å². The molecule has 56 heavy (non-hydrogen) atoms. The summed E-state index contributed by atoms with van der Waals surface area (Å²) in [5, 5.41) is 7.28. The van der Waals surface area contributed by atoms with Gasteiger partial charge < -0.3 is 18.3 Å². The Bertz CT molecular complexity index is 3250. The lowest BCUT2D eigenvalue weighted by Crippen LogP contribution is -2.01. The number of aromatic nitrogens is 7. The standard InChI is InChI=1S/C49H31N7/c1-3-11-33(12-4-1)53-25-23-39-41(53)19-21-45-47(39)37-15-7-9-17-43(37)55(45)35-27-32(49-51-30-50-31-52-49)28-36(29-35)56-44-18-10-8-16-38(44)48-40-24-26-54(34-13-5-2-6-14-34)42(40)20-22-46(48)56/h1-31H. The van der Waals surface area contributed by atoms with Crippen LogP contribution in [0.15, 0.2) is 189 Å². The van der Waals surface area contributed by atoms with Gasteiger partial charge in [-0.05, 0) is 91.0 Å². The zero-order valence-electron chi connectivity index (χ0n) is 30.0. The molecule has 0 saturated heterocycles. The third kappa shape index (κ3) is 4.42. The molecule has 0 N–H and O–H groups in total. The highest BCUT2D eigenvalue weighted by atomic mass is 15.0. The van der Waals surface area contributed by atoms with Crippen molar-refractivity contribution in [1.29, 1.82) is 0 Å². The Kier molecular flexibility index (Phi) is 6.50. The molecule has 0 aliphatic carbocycles. The molecule has 7 heteroatoms. The maximum absolute atomic E-state index is 4.64. The Morgan fingerprint density at radius 1 is 0.339 bits per heavy atom. The lowest BCUT2D eigenvalue weighted by atomic mass is 10.1. The summed E-state index contributed by atoms with van der Waals surface area (Å²) in [5.74, 6) is 0.620. The van der Waals surface area contributed by atoms with Crippen molar-refractivity contribution in [2.24, 2.45) is 0 Å². The summed E-state index contributed by atoms with van der Waals surface area (Å²) in [6, 6.07) is 58.8. The van der Waals surface area contributed by atoms with Crippen molar-refractivity contribution in [2.75, 3.05) is 0 Å². The number of para-hydroxylation sites is 4. The third-order valence-corrected chi connectivity index (χ3v) is 11.3. The number of nitrogens with zero attached hydrogens (tertiary/aromatic N) is 7. The molecule has 0 aliphatic rings. The summed E-state index contributed by atoms with van der Waals surface area (Å²) in [7, 11) is 0. The molecular formula is C49H31N7. The van der Waals surface area contributed by atoms with Crippen LogP contribution in [0.1, 0.15) is 0 Å². The fourth-order valence-corrected chi connectivity index (χ4v) is 8.92. The highest BCUT2D eigenvalue weighted by Gasteiger charge is 2.21. The van der Waals surface area contributed by atoms with E-state index >= 15 is 0 Å². The van der Waals surface area contributed by atoms with Crippen LogP contribution in [-0.2, 0) is 0 Å². The normalized spacial score (nSPS) is 11.9. The van der Waals surface area contributed by atoms with Gasteiger partial charge >= 0.3 is 0 Å². The van der Waals surface area contributed by atoms with E-state index in [0.29, 0.717) is 5.82 Å². The smallest absolute Gasteiger partial charge is 0.162 e. The first-order valence-corrected chi connectivity index (χ1v) is 18.8. The van der Waals surface area contributed by atoms with Gasteiger partial charge in [0.1, 0.15) is 12.7 Å². The van der Waals surface area contributed by atoms with E-state index in [9.17, 15) is 0 Å². The Balaban J connectivity index is 1.15. The minimum Gasteiger partial charge on any atom is -0.317 e. The first-order chi connectivity index (χ1) is 27.8. The molecule has 0 unspecified atom stereocenters. The van der Waals surface area contributed by atoms with Gasteiger partial charge in [0.15, 0.2) is 5.82 Å². The van der Waals surface area contributed by atoms with Crippen molar-refractivity contribution >= 4 is 65.4 Å². The fraction of sp³-hybridized carbons (Fsp3) is 0. The van der Waals surface area contributed by atoms with Crippen molar-refractivity contribution in [2.45, 2.75) is 0 Å². The molecule has 0 aliphatic heterocycles. The number of hydrogen-bond acceptors (Lipinski definition) is 3. The van der Waals surface area contributed by atoms with E-state index in [0.717, 1.165) is 50.4 Å². The van der Waals surface area contributed by atoms with Gasteiger partial charge in [0, 0.05) is 73.0 Å². The molecule has 0 atom stereocenters. The number of rotatable bonds is 5. The van der Waals surface area contributed by atoms with E-state index in [2.05, 4.69) is 209 Å². The van der Waals surface area contributed by atoms with E-state index in [1.807, 2.05) is 0 Å². The second-order valence-electron chi connectivity index (χ2n) is 14.2. The number of fused-ring (bicyclic) bond motifs is 10. The summed E-state index contributed by atoms with van der Waals surface area (Å²) < 4.78 is 9.33. The van der Waals surface area contributed by atoms with Crippen LogP contribution in [0.3, 0.4) is 0 Å². The van der Waals surface area contributed by atoms with Gasteiger partial charge in [-0.15, -0.1) is 0 Å². The molecule has 7 aromatic carbocycles. The lowest BCUT2D eigenvalue weighted by molar-refractivity contribution is 1.05. The van der Waals surface area contributed by atoms with Crippen LogP contribution in [-0.4, -0.2) is 33.2 Å². The lowest BCUT2D eigenvalue weighted by Gasteiger charge is -2.15. The van der Waals surface area contributed by atoms with Crippen LogP contribution < -0.4 is 0 Å². The predicted molar refractivity (Wildman–Crippen MR) is 228 cm³/mol. The highest BCUT2D eigenvalue weighted by Crippen LogP contribution is 2.41. The quantitative estimate of drug-likeness (QED) is 0.178.